The van der Waals surface area contributed by atoms with Crippen LogP contribution in [0, 0.1) is 0 Å². The lowest BCUT2D eigenvalue weighted by Gasteiger charge is -2.25. The van der Waals surface area contributed by atoms with E-state index in [1.165, 1.54) is 56.5 Å². The van der Waals surface area contributed by atoms with Gasteiger partial charge in [0.15, 0.2) is 0 Å². The first-order valence-corrected chi connectivity index (χ1v) is 9.62. The molecular formula is C15H32S2. The first-order valence-electron chi connectivity index (χ1n) is 7.53. The van der Waals surface area contributed by atoms with Gasteiger partial charge in [0.2, 0.25) is 0 Å². The van der Waals surface area contributed by atoms with Crippen molar-refractivity contribution >= 4 is 23.5 Å². The van der Waals surface area contributed by atoms with Crippen molar-refractivity contribution in [2.75, 3.05) is 11.5 Å². The Bertz CT molecular complexity index is 148. The summed E-state index contributed by atoms with van der Waals surface area (Å²) in [6.45, 7) is 9.28. The fourth-order valence-corrected chi connectivity index (χ4v) is 5.29. The van der Waals surface area contributed by atoms with Crippen LogP contribution in [0.15, 0.2) is 0 Å². The maximum Gasteiger partial charge on any atom is 0.0166 e. The molecule has 104 valence electrons. The zero-order valence-corrected chi connectivity index (χ0v) is 14.0. The zero-order valence-electron chi connectivity index (χ0n) is 12.3. The van der Waals surface area contributed by atoms with Gasteiger partial charge in [-0.3, -0.25) is 0 Å². The average molecular weight is 277 g/mol. The fourth-order valence-electron chi connectivity index (χ4n) is 1.91. The largest absolute Gasteiger partial charge is 0.157 e. The molecule has 2 heteroatoms. The molecule has 0 aromatic rings. The minimum atomic E-state index is 0.892. The van der Waals surface area contributed by atoms with E-state index in [-0.39, 0.29) is 0 Å². The maximum atomic E-state index is 2.37. The van der Waals surface area contributed by atoms with E-state index in [2.05, 4.69) is 51.2 Å². The van der Waals surface area contributed by atoms with Crippen LogP contribution in [-0.4, -0.2) is 22.0 Å². The van der Waals surface area contributed by atoms with Crippen LogP contribution in [0.4, 0.5) is 0 Å². The molecule has 2 unspecified atom stereocenters. The van der Waals surface area contributed by atoms with Crippen LogP contribution >= 0.6 is 23.5 Å². The third kappa shape index (κ3) is 9.30. The van der Waals surface area contributed by atoms with Gasteiger partial charge in [0.1, 0.15) is 0 Å². The Hall–Kier alpha value is 0.700. The highest BCUT2D eigenvalue weighted by Crippen LogP contribution is 2.31. The molecule has 0 amide bonds. The molecule has 2 atom stereocenters. The number of unbranched alkanes of at least 4 members (excludes halogenated alkanes) is 2. The molecule has 0 aliphatic rings. The molecule has 0 N–H and O–H groups in total. The first-order chi connectivity index (χ1) is 8.29. The van der Waals surface area contributed by atoms with Gasteiger partial charge >= 0.3 is 0 Å². The number of thioether (sulfide) groups is 2. The topological polar surface area (TPSA) is 0 Å². The van der Waals surface area contributed by atoms with Gasteiger partial charge < -0.3 is 0 Å². The summed E-state index contributed by atoms with van der Waals surface area (Å²) in [4.78, 5) is 0. The molecule has 0 aromatic heterocycles. The van der Waals surface area contributed by atoms with Gasteiger partial charge in [0.05, 0.1) is 0 Å². The monoisotopic (exact) mass is 276 g/mol. The van der Waals surface area contributed by atoms with Crippen molar-refractivity contribution in [1.82, 2.24) is 0 Å². The molecule has 0 aromatic carbocycles. The SMILES string of the molecule is CCCCSC(CC)C(CCC)SCCCC. The van der Waals surface area contributed by atoms with Crippen molar-refractivity contribution in [2.45, 2.75) is 83.1 Å². The van der Waals surface area contributed by atoms with Gasteiger partial charge in [0, 0.05) is 10.5 Å². The highest BCUT2D eigenvalue weighted by Gasteiger charge is 2.19. The molecule has 0 fully saturated rings. The predicted octanol–water partition coefficient (Wildman–Crippen LogP) is 6.00. The standard InChI is InChI=1S/C15H32S2/c1-5-9-12-16-14(8-4)15(11-7-3)17-13-10-6-2/h14-15H,5-13H2,1-4H3. The van der Waals surface area contributed by atoms with Crippen molar-refractivity contribution in [3.05, 3.63) is 0 Å². The second-order valence-electron chi connectivity index (χ2n) is 4.72. The van der Waals surface area contributed by atoms with E-state index in [1.807, 2.05) is 0 Å². The van der Waals surface area contributed by atoms with Crippen LogP contribution in [0.25, 0.3) is 0 Å². The van der Waals surface area contributed by atoms with Gasteiger partial charge in [-0.25, -0.2) is 0 Å². The van der Waals surface area contributed by atoms with Crippen LogP contribution in [0.3, 0.4) is 0 Å². The Kier molecular flexibility index (Phi) is 13.7. The van der Waals surface area contributed by atoms with Gasteiger partial charge in [-0.05, 0) is 37.2 Å². The Labute approximate surface area is 118 Å². The van der Waals surface area contributed by atoms with E-state index in [0.717, 1.165) is 10.5 Å². The molecule has 0 heterocycles. The second kappa shape index (κ2) is 13.1. The average Bonchev–Trinajstić information content (AvgIpc) is 2.34. The molecule has 17 heavy (non-hydrogen) atoms. The fraction of sp³-hybridized carbons (Fsp3) is 1.00. The molecule has 0 nitrogen and oxygen atoms in total. The third-order valence-electron chi connectivity index (χ3n) is 3.05. The summed E-state index contributed by atoms with van der Waals surface area (Å²) >= 11 is 4.47. The van der Waals surface area contributed by atoms with Crippen LogP contribution in [0.1, 0.15) is 72.6 Å². The predicted molar refractivity (Wildman–Crippen MR) is 87.5 cm³/mol. The Morgan fingerprint density at radius 1 is 0.706 bits per heavy atom. The minimum Gasteiger partial charge on any atom is -0.157 e. The van der Waals surface area contributed by atoms with Gasteiger partial charge in [-0.2, -0.15) is 23.5 Å². The molecule has 0 rings (SSSR count). The minimum absolute atomic E-state index is 0.892. The van der Waals surface area contributed by atoms with E-state index >= 15 is 0 Å². The molecule has 0 bridgehead atoms. The highest BCUT2D eigenvalue weighted by molar-refractivity contribution is 8.03. The zero-order chi connectivity index (χ0) is 12.9. The van der Waals surface area contributed by atoms with E-state index in [4.69, 9.17) is 0 Å². The molecule has 0 aliphatic heterocycles. The van der Waals surface area contributed by atoms with Gasteiger partial charge in [-0.1, -0.05) is 47.0 Å². The Morgan fingerprint density at radius 3 is 1.65 bits per heavy atom. The van der Waals surface area contributed by atoms with Crippen molar-refractivity contribution < 1.29 is 0 Å². The molecule has 0 saturated heterocycles. The third-order valence-corrected chi connectivity index (χ3v) is 6.35. The van der Waals surface area contributed by atoms with Crippen LogP contribution in [0.5, 0.6) is 0 Å². The quantitative estimate of drug-likeness (QED) is 0.401. The van der Waals surface area contributed by atoms with Crippen LogP contribution in [-0.2, 0) is 0 Å². The van der Waals surface area contributed by atoms with Crippen molar-refractivity contribution in [2.24, 2.45) is 0 Å². The maximum absolute atomic E-state index is 2.37. The number of hydrogen-bond donors (Lipinski definition) is 0. The van der Waals surface area contributed by atoms with E-state index < -0.39 is 0 Å². The first kappa shape index (κ1) is 17.7. The normalized spacial score (nSPS) is 14.8. The van der Waals surface area contributed by atoms with Crippen molar-refractivity contribution in [3.63, 3.8) is 0 Å². The summed E-state index contributed by atoms with van der Waals surface area (Å²) in [7, 11) is 0. The summed E-state index contributed by atoms with van der Waals surface area (Å²) in [6, 6.07) is 0. The lowest BCUT2D eigenvalue weighted by atomic mass is 10.1. The van der Waals surface area contributed by atoms with E-state index in [9.17, 15) is 0 Å². The summed E-state index contributed by atoms with van der Waals surface area (Å²) in [6.07, 6.45) is 9.55. The lowest BCUT2D eigenvalue weighted by molar-refractivity contribution is 0.684. The summed E-state index contributed by atoms with van der Waals surface area (Å²) in [5.41, 5.74) is 0. The van der Waals surface area contributed by atoms with E-state index in [0.29, 0.717) is 0 Å². The van der Waals surface area contributed by atoms with Crippen molar-refractivity contribution in [3.8, 4) is 0 Å². The van der Waals surface area contributed by atoms with Crippen molar-refractivity contribution in [1.29, 1.82) is 0 Å². The molecular weight excluding hydrogens is 244 g/mol. The summed E-state index contributed by atoms with van der Waals surface area (Å²) in [5.74, 6) is 2.73. The smallest absolute Gasteiger partial charge is 0.0166 e. The molecule has 0 saturated carbocycles. The lowest BCUT2D eigenvalue weighted by Crippen LogP contribution is -2.20. The number of hydrogen-bond acceptors (Lipinski definition) is 2. The molecule has 0 aliphatic carbocycles. The molecule has 0 spiro atoms. The van der Waals surface area contributed by atoms with Crippen LogP contribution in [0.2, 0.25) is 0 Å². The Morgan fingerprint density at radius 2 is 1.24 bits per heavy atom. The van der Waals surface area contributed by atoms with Crippen LogP contribution < -0.4 is 0 Å². The highest BCUT2D eigenvalue weighted by atomic mass is 32.2. The van der Waals surface area contributed by atoms with Gasteiger partial charge in [0.25, 0.3) is 0 Å². The Balaban J connectivity index is 4.00. The summed E-state index contributed by atoms with van der Waals surface area (Å²) in [5, 5.41) is 1.79. The summed E-state index contributed by atoms with van der Waals surface area (Å²) < 4.78 is 0. The second-order valence-corrected chi connectivity index (χ2v) is 7.42. The molecule has 0 radical (unpaired) electrons. The van der Waals surface area contributed by atoms with Gasteiger partial charge in [-0.15, -0.1) is 0 Å². The van der Waals surface area contributed by atoms with E-state index in [1.54, 1.807) is 0 Å². The number of rotatable bonds is 12.